The van der Waals surface area contributed by atoms with E-state index in [0.29, 0.717) is 30.6 Å². The second-order valence-corrected chi connectivity index (χ2v) is 6.00. The van der Waals surface area contributed by atoms with Crippen LogP contribution in [-0.2, 0) is 0 Å². The summed E-state index contributed by atoms with van der Waals surface area (Å²) in [6.07, 6.45) is 4.24. The molecule has 1 heterocycles. The zero-order chi connectivity index (χ0) is 13.7. The van der Waals surface area contributed by atoms with Crippen molar-refractivity contribution in [3.63, 3.8) is 0 Å². The van der Waals surface area contributed by atoms with Crippen LogP contribution in [0.5, 0.6) is 6.01 Å². The molecule has 3 aliphatic rings. The average molecular weight is 276 g/mol. The number of nitrogens with two attached hydrogens (primary N) is 1. The third-order valence-electron chi connectivity index (χ3n) is 5.05. The maximum absolute atomic E-state index is 5.39. The molecule has 0 amide bonds. The number of rotatable bonds is 5. The fraction of sp³-hybridized carbons (Fsp3) is 0.769. The third kappa shape index (κ3) is 1.80. The largest absolute Gasteiger partial charge is 0.464 e. The van der Waals surface area contributed by atoms with Gasteiger partial charge in [-0.2, -0.15) is 15.0 Å². The molecule has 3 aliphatic carbocycles. The molecular formula is C13H20N6O. The Bertz CT molecular complexity index is 508. The number of anilines is 2. The lowest BCUT2D eigenvalue weighted by molar-refractivity contribution is 0.312. The van der Waals surface area contributed by atoms with Gasteiger partial charge in [-0.05, 0) is 49.9 Å². The molecule has 0 saturated heterocycles. The molecule has 3 fully saturated rings. The minimum Gasteiger partial charge on any atom is -0.464 e. The standard InChI is InChI=1S/C13H20N6O/c1-2-20-13-17-11(16-12(18-13)19-14)15-10-8-6-3-4-7(5-6)9(8)10/h6-10H,2-5,14H2,1H3,(H2,15,16,17,18,19). The van der Waals surface area contributed by atoms with E-state index in [1.165, 1.54) is 19.3 Å². The van der Waals surface area contributed by atoms with Gasteiger partial charge in [0.05, 0.1) is 6.61 Å². The maximum atomic E-state index is 5.39. The normalized spacial score (nSPS) is 36.6. The number of hydrogen-bond donors (Lipinski definition) is 3. The van der Waals surface area contributed by atoms with E-state index < -0.39 is 0 Å². The minimum atomic E-state index is 0.312. The van der Waals surface area contributed by atoms with Gasteiger partial charge in [0, 0.05) is 6.04 Å². The first kappa shape index (κ1) is 12.1. The van der Waals surface area contributed by atoms with Crippen molar-refractivity contribution in [2.75, 3.05) is 17.3 Å². The summed E-state index contributed by atoms with van der Waals surface area (Å²) in [5.74, 6) is 9.78. The van der Waals surface area contributed by atoms with Crippen LogP contribution in [0.1, 0.15) is 26.2 Å². The molecule has 4 rings (SSSR count). The maximum Gasteiger partial charge on any atom is 0.323 e. The number of nitrogens with one attached hydrogen (secondary N) is 2. The summed E-state index contributed by atoms with van der Waals surface area (Å²) in [6, 6.07) is 0.843. The molecule has 0 radical (unpaired) electrons. The smallest absolute Gasteiger partial charge is 0.323 e. The van der Waals surface area contributed by atoms with E-state index in [1.807, 2.05) is 6.92 Å². The van der Waals surface area contributed by atoms with Gasteiger partial charge in [-0.3, -0.25) is 5.43 Å². The molecule has 20 heavy (non-hydrogen) atoms. The van der Waals surface area contributed by atoms with Crippen LogP contribution in [0.2, 0.25) is 0 Å². The van der Waals surface area contributed by atoms with Gasteiger partial charge in [-0.25, -0.2) is 5.84 Å². The second kappa shape index (κ2) is 4.44. The van der Waals surface area contributed by atoms with Crippen LogP contribution in [0.3, 0.4) is 0 Å². The summed E-state index contributed by atoms with van der Waals surface area (Å²) in [5, 5.41) is 3.45. The Labute approximate surface area is 117 Å². The number of ether oxygens (including phenoxy) is 1. The van der Waals surface area contributed by atoms with Gasteiger partial charge in [0.2, 0.25) is 11.9 Å². The van der Waals surface area contributed by atoms with Gasteiger partial charge in [-0.1, -0.05) is 0 Å². The van der Waals surface area contributed by atoms with Gasteiger partial charge < -0.3 is 10.1 Å². The highest BCUT2D eigenvalue weighted by Crippen LogP contribution is 2.66. The van der Waals surface area contributed by atoms with Crippen LogP contribution >= 0.6 is 0 Å². The topological polar surface area (TPSA) is 98.0 Å². The van der Waals surface area contributed by atoms with Gasteiger partial charge in [-0.15, -0.1) is 0 Å². The number of hydrazine groups is 1. The van der Waals surface area contributed by atoms with Crippen molar-refractivity contribution in [2.24, 2.45) is 29.5 Å². The molecule has 108 valence electrons. The molecule has 7 nitrogen and oxygen atoms in total. The summed E-state index contributed by atoms with van der Waals surface area (Å²) < 4.78 is 5.34. The Balaban J connectivity index is 1.50. The van der Waals surface area contributed by atoms with Crippen LogP contribution in [0.4, 0.5) is 11.9 Å². The average Bonchev–Trinajstić information content (AvgIpc) is 2.85. The Morgan fingerprint density at radius 1 is 1.15 bits per heavy atom. The van der Waals surface area contributed by atoms with Crippen LogP contribution in [0.15, 0.2) is 0 Å². The van der Waals surface area contributed by atoms with E-state index in [2.05, 4.69) is 25.7 Å². The van der Waals surface area contributed by atoms with E-state index in [9.17, 15) is 0 Å². The molecule has 0 spiro atoms. The van der Waals surface area contributed by atoms with E-state index in [0.717, 1.165) is 23.7 Å². The number of nitrogens with zero attached hydrogens (tertiary/aromatic N) is 3. The van der Waals surface area contributed by atoms with Crippen molar-refractivity contribution in [3.05, 3.63) is 0 Å². The molecule has 2 bridgehead atoms. The van der Waals surface area contributed by atoms with E-state index in [-0.39, 0.29) is 0 Å². The highest BCUT2D eigenvalue weighted by Gasteiger charge is 2.65. The first-order valence-electron chi connectivity index (χ1n) is 7.42. The minimum absolute atomic E-state index is 0.312. The number of nitrogen functional groups attached to an aromatic ring is 1. The summed E-state index contributed by atoms with van der Waals surface area (Å²) in [5.41, 5.74) is 2.46. The second-order valence-electron chi connectivity index (χ2n) is 6.00. The fourth-order valence-corrected chi connectivity index (χ4v) is 4.35. The van der Waals surface area contributed by atoms with Crippen molar-refractivity contribution < 1.29 is 4.74 Å². The Morgan fingerprint density at radius 2 is 1.85 bits per heavy atom. The highest BCUT2D eigenvalue weighted by atomic mass is 16.5. The predicted octanol–water partition coefficient (Wildman–Crippen LogP) is 1.01. The third-order valence-corrected chi connectivity index (χ3v) is 5.05. The lowest BCUT2D eigenvalue weighted by Gasteiger charge is -2.11. The van der Waals surface area contributed by atoms with Crippen LogP contribution < -0.4 is 21.3 Å². The molecule has 4 unspecified atom stereocenters. The van der Waals surface area contributed by atoms with Gasteiger partial charge in [0.15, 0.2) is 0 Å². The molecule has 1 aromatic heterocycles. The molecule has 4 atom stereocenters. The molecular weight excluding hydrogens is 256 g/mol. The first-order valence-corrected chi connectivity index (χ1v) is 7.42. The van der Waals surface area contributed by atoms with Crippen molar-refractivity contribution >= 4 is 11.9 Å². The quantitative estimate of drug-likeness (QED) is 0.545. The predicted molar refractivity (Wildman–Crippen MR) is 74.0 cm³/mol. The summed E-state index contributed by atoms with van der Waals surface area (Å²) in [4.78, 5) is 12.6. The number of fused-ring (bicyclic) bond motifs is 5. The summed E-state index contributed by atoms with van der Waals surface area (Å²) in [6.45, 7) is 2.42. The van der Waals surface area contributed by atoms with E-state index >= 15 is 0 Å². The van der Waals surface area contributed by atoms with Gasteiger partial charge in [0.25, 0.3) is 0 Å². The Kier molecular flexibility index (Phi) is 2.70. The summed E-state index contributed by atoms with van der Waals surface area (Å²) in [7, 11) is 0. The lowest BCUT2D eigenvalue weighted by Crippen LogP contribution is -2.18. The van der Waals surface area contributed by atoms with Crippen LogP contribution in [0.25, 0.3) is 0 Å². The molecule has 0 aromatic carbocycles. The van der Waals surface area contributed by atoms with Crippen molar-refractivity contribution in [1.29, 1.82) is 0 Å². The first-order chi connectivity index (χ1) is 9.80. The van der Waals surface area contributed by atoms with Crippen molar-refractivity contribution in [1.82, 2.24) is 15.0 Å². The van der Waals surface area contributed by atoms with Gasteiger partial charge >= 0.3 is 6.01 Å². The molecule has 0 aliphatic heterocycles. The highest BCUT2D eigenvalue weighted by molar-refractivity contribution is 5.39. The fourth-order valence-electron chi connectivity index (χ4n) is 4.35. The number of hydrogen-bond acceptors (Lipinski definition) is 7. The Hall–Kier alpha value is -1.63. The lowest BCUT2D eigenvalue weighted by atomic mass is 10.0. The van der Waals surface area contributed by atoms with Gasteiger partial charge in [0.1, 0.15) is 0 Å². The van der Waals surface area contributed by atoms with E-state index in [1.54, 1.807) is 0 Å². The monoisotopic (exact) mass is 276 g/mol. The molecule has 4 N–H and O–H groups in total. The molecule has 1 aromatic rings. The number of aromatic nitrogens is 3. The molecule has 3 saturated carbocycles. The van der Waals surface area contributed by atoms with Crippen LogP contribution in [-0.4, -0.2) is 27.6 Å². The summed E-state index contributed by atoms with van der Waals surface area (Å²) >= 11 is 0. The zero-order valence-electron chi connectivity index (χ0n) is 11.5. The SMILES string of the molecule is CCOc1nc(NN)nc(NC2C3C4CCC(C4)C23)n1. The van der Waals surface area contributed by atoms with E-state index in [4.69, 9.17) is 10.6 Å². The zero-order valence-corrected chi connectivity index (χ0v) is 11.5. The van der Waals surface area contributed by atoms with Crippen molar-refractivity contribution in [2.45, 2.75) is 32.2 Å². The van der Waals surface area contributed by atoms with Crippen LogP contribution in [0, 0.1) is 23.7 Å². The van der Waals surface area contributed by atoms with Crippen molar-refractivity contribution in [3.8, 4) is 6.01 Å². The Morgan fingerprint density at radius 3 is 2.50 bits per heavy atom. The molecule has 7 heteroatoms.